The average Bonchev–Trinajstić information content (AvgIpc) is 2.47. The van der Waals surface area contributed by atoms with Gasteiger partial charge in [0.25, 0.3) is 0 Å². The maximum Gasteiger partial charge on any atom is 0.163 e. The van der Waals surface area contributed by atoms with E-state index in [-0.39, 0.29) is 10.8 Å². The van der Waals surface area contributed by atoms with Crippen molar-refractivity contribution in [3.8, 4) is 0 Å². The fraction of sp³-hybridized carbons (Fsp3) is 0.188. The van der Waals surface area contributed by atoms with Gasteiger partial charge in [0.2, 0.25) is 0 Å². The van der Waals surface area contributed by atoms with Crippen molar-refractivity contribution in [3.63, 3.8) is 0 Å². The quantitative estimate of drug-likeness (QED) is 0.570. The largest absolute Gasteiger partial charge is 0.294 e. The van der Waals surface area contributed by atoms with Gasteiger partial charge in [0.15, 0.2) is 5.78 Å². The third kappa shape index (κ3) is 3.62. The van der Waals surface area contributed by atoms with Crippen LogP contribution in [0.15, 0.2) is 47.4 Å². The minimum Gasteiger partial charge on any atom is -0.294 e. The molecule has 2 aromatic carbocycles. The van der Waals surface area contributed by atoms with Crippen molar-refractivity contribution >= 4 is 29.1 Å². The number of Topliss-reactive ketones (excluding diaryl/α,β-unsaturated/α-hetero) is 1. The topological polar surface area (TPSA) is 17.1 Å². The van der Waals surface area contributed by atoms with Crippen LogP contribution >= 0.6 is 23.4 Å². The van der Waals surface area contributed by atoms with E-state index < -0.39 is 5.82 Å². The molecule has 2 aromatic rings. The van der Waals surface area contributed by atoms with Gasteiger partial charge in [-0.1, -0.05) is 29.8 Å². The number of hydrogen-bond acceptors (Lipinski definition) is 2. The molecule has 0 unspecified atom stereocenters. The lowest BCUT2D eigenvalue weighted by Crippen LogP contribution is -2.02. The first-order valence-corrected chi connectivity index (χ1v) is 7.82. The van der Waals surface area contributed by atoms with Crippen LogP contribution in [0.4, 0.5) is 4.39 Å². The summed E-state index contributed by atoms with van der Waals surface area (Å²) in [6, 6.07) is 12.2. The SMILES string of the molecule is CSc1ccccc1CCC(=O)c1ccc(Cl)c(F)c1. The van der Waals surface area contributed by atoms with E-state index in [0.717, 1.165) is 5.56 Å². The summed E-state index contributed by atoms with van der Waals surface area (Å²) in [4.78, 5) is 13.2. The number of aryl methyl sites for hydroxylation is 1. The number of ketones is 1. The number of benzene rings is 2. The molecule has 0 spiro atoms. The molecule has 0 aliphatic rings. The molecule has 104 valence electrons. The molecule has 0 radical (unpaired) electrons. The van der Waals surface area contributed by atoms with Gasteiger partial charge in [-0.05, 0) is 42.5 Å². The van der Waals surface area contributed by atoms with Gasteiger partial charge >= 0.3 is 0 Å². The van der Waals surface area contributed by atoms with E-state index in [2.05, 4.69) is 0 Å². The van der Waals surface area contributed by atoms with Crippen molar-refractivity contribution in [1.29, 1.82) is 0 Å². The fourth-order valence-electron chi connectivity index (χ4n) is 1.97. The number of halogens is 2. The maximum absolute atomic E-state index is 13.3. The van der Waals surface area contributed by atoms with Crippen LogP contribution in [0.3, 0.4) is 0 Å². The van der Waals surface area contributed by atoms with Gasteiger partial charge in [-0.3, -0.25) is 4.79 Å². The molecule has 0 saturated carbocycles. The summed E-state index contributed by atoms with van der Waals surface area (Å²) in [5.41, 5.74) is 1.51. The Labute approximate surface area is 127 Å². The van der Waals surface area contributed by atoms with Crippen LogP contribution in [0.25, 0.3) is 0 Å². The van der Waals surface area contributed by atoms with Crippen molar-refractivity contribution in [1.82, 2.24) is 0 Å². The Morgan fingerprint density at radius 2 is 2.00 bits per heavy atom. The fourth-order valence-corrected chi connectivity index (χ4v) is 2.74. The highest BCUT2D eigenvalue weighted by Crippen LogP contribution is 2.22. The molecule has 0 amide bonds. The molecule has 0 heterocycles. The van der Waals surface area contributed by atoms with Gasteiger partial charge in [0.05, 0.1) is 5.02 Å². The highest BCUT2D eigenvalue weighted by molar-refractivity contribution is 7.98. The summed E-state index contributed by atoms with van der Waals surface area (Å²) < 4.78 is 13.3. The average molecular weight is 309 g/mol. The molecule has 1 nitrogen and oxygen atoms in total. The van der Waals surface area contributed by atoms with Crippen molar-refractivity contribution in [3.05, 3.63) is 64.4 Å². The first kappa shape index (κ1) is 15.1. The highest BCUT2D eigenvalue weighted by Gasteiger charge is 2.10. The van der Waals surface area contributed by atoms with E-state index in [1.807, 2.05) is 30.5 Å². The molecule has 0 saturated heterocycles. The first-order valence-electron chi connectivity index (χ1n) is 6.22. The smallest absolute Gasteiger partial charge is 0.163 e. The van der Waals surface area contributed by atoms with Crippen molar-refractivity contribution in [2.75, 3.05) is 6.26 Å². The second-order valence-corrected chi connectivity index (χ2v) is 5.62. The molecule has 0 aromatic heterocycles. The number of thioether (sulfide) groups is 1. The second-order valence-electron chi connectivity index (χ2n) is 4.36. The van der Waals surface area contributed by atoms with Gasteiger partial charge < -0.3 is 0 Å². The van der Waals surface area contributed by atoms with E-state index in [4.69, 9.17) is 11.6 Å². The molecule has 0 fully saturated rings. The Kier molecular flexibility index (Phi) is 5.21. The van der Waals surface area contributed by atoms with Crippen molar-refractivity contribution in [2.45, 2.75) is 17.7 Å². The lowest BCUT2D eigenvalue weighted by Gasteiger charge is -2.07. The lowest BCUT2D eigenvalue weighted by molar-refractivity contribution is 0.0982. The van der Waals surface area contributed by atoms with Crippen LogP contribution in [0.5, 0.6) is 0 Å². The second kappa shape index (κ2) is 6.91. The summed E-state index contributed by atoms with van der Waals surface area (Å²) in [7, 11) is 0. The Morgan fingerprint density at radius 1 is 1.25 bits per heavy atom. The molecule has 0 aliphatic heterocycles. The molecular weight excluding hydrogens is 295 g/mol. The number of carbonyl (C=O) groups excluding carboxylic acids is 1. The van der Waals surface area contributed by atoms with Crippen molar-refractivity contribution < 1.29 is 9.18 Å². The van der Waals surface area contributed by atoms with Crippen molar-refractivity contribution in [2.24, 2.45) is 0 Å². The normalized spacial score (nSPS) is 10.6. The number of hydrogen-bond donors (Lipinski definition) is 0. The zero-order valence-corrected chi connectivity index (χ0v) is 12.6. The molecule has 0 aliphatic carbocycles. The predicted octanol–water partition coefficient (Wildman–Crippen LogP) is 5.02. The van der Waals surface area contributed by atoms with Gasteiger partial charge in [0, 0.05) is 16.9 Å². The first-order chi connectivity index (χ1) is 9.61. The van der Waals surface area contributed by atoms with Crippen LogP contribution in [0.2, 0.25) is 5.02 Å². The standard InChI is InChI=1S/C16H14ClFOS/c1-20-16-5-3-2-4-11(16)7-9-15(19)12-6-8-13(17)14(18)10-12/h2-6,8,10H,7,9H2,1H3. The zero-order valence-electron chi connectivity index (χ0n) is 11.0. The van der Waals surface area contributed by atoms with Gasteiger partial charge in [-0.2, -0.15) is 0 Å². The van der Waals surface area contributed by atoms with E-state index in [1.54, 1.807) is 17.8 Å². The van der Waals surface area contributed by atoms with Gasteiger partial charge in [0.1, 0.15) is 5.82 Å². The Bertz CT molecular complexity index is 628. The van der Waals surface area contributed by atoms with Gasteiger partial charge in [-0.15, -0.1) is 11.8 Å². The van der Waals surface area contributed by atoms with Crippen LogP contribution in [0.1, 0.15) is 22.3 Å². The third-order valence-corrected chi connectivity index (χ3v) is 4.20. The molecular formula is C16H14ClFOS. The highest BCUT2D eigenvalue weighted by atomic mass is 35.5. The van der Waals surface area contributed by atoms with Gasteiger partial charge in [-0.25, -0.2) is 4.39 Å². The molecule has 0 bridgehead atoms. The molecule has 20 heavy (non-hydrogen) atoms. The van der Waals surface area contributed by atoms with Crippen LogP contribution in [0, 0.1) is 5.82 Å². The van der Waals surface area contributed by atoms with E-state index in [1.165, 1.54) is 17.0 Å². The zero-order chi connectivity index (χ0) is 14.5. The monoisotopic (exact) mass is 308 g/mol. The Hall–Kier alpha value is -1.32. The molecule has 0 atom stereocenters. The van der Waals surface area contributed by atoms with E-state index in [9.17, 15) is 9.18 Å². The van der Waals surface area contributed by atoms with Crippen LogP contribution < -0.4 is 0 Å². The summed E-state index contributed by atoms with van der Waals surface area (Å²) in [6.45, 7) is 0. The summed E-state index contributed by atoms with van der Waals surface area (Å²) in [6.07, 6.45) is 3.02. The van der Waals surface area contributed by atoms with E-state index in [0.29, 0.717) is 18.4 Å². The van der Waals surface area contributed by atoms with Crippen LogP contribution in [-0.2, 0) is 6.42 Å². The summed E-state index contributed by atoms with van der Waals surface area (Å²) >= 11 is 7.27. The predicted molar refractivity (Wildman–Crippen MR) is 82.3 cm³/mol. The molecule has 0 N–H and O–H groups in total. The lowest BCUT2D eigenvalue weighted by atomic mass is 10.0. The Balaban J connectivity index is 2.06. The van der Waals surface area contributed by atoms with Crippen LogP contribution in [-0.4, -0.2) is 12.0 Å². The van der Waals surface area contributed by atoms with E-state index >= 15 is 0 Å². The summed E-state index contributed by atoms with van der Waals surface area (Å²) in [5, 5.41) is 0.0364. The number of carbonyl (C=O) groups is 1. The minimum absolute atomic E-state index is 0.0364. The maximum atomic E-state index is 13.3. The molecule has 2 rings (SSSR count). The molecule has 4 heteroatoms. The number of rotatable bonds is 5. The minimum atomic E-state index is -0.554. The Morgan fingerprint density at radius 3 is 2.70 bits per heavy atom. The third-order valence-electron chi connectivity index (χ3n) is 3.06. The summed E-state index contributed by atoms with van der Waals surface area (Å²) in [5.74, 6) is -0.626.